The zero-order valence-electron chi connectivity index (χ0n) is 13.5. The van der Waals surface area contributed by atoms with E-state index in [0.29, 0.717) is 5.92 Å². The number of nitrogens with one attached hydrogen (secondary N) is 1. The van der Waals surface area contributed by atoms with Crippen molar-refractivity contribution in [1.82, 2.24) is 5.32 Å². The highest BCUT2D eigenvalue weighted by atomic mass is 35.5. The lowest BCUT2D eigenvalue weighted by molar-refractivity contribution is 0.0464. The van der Waals surface area contributed by atoms with Crippen molar-refractivity contribution in [2.75, 3.05) is 18.5 Å². The molecule has 2 rings (SSSR count). The zero-order chi connectivity index (χ0) is 15.6. The van der Waals surface area contributed by atoms with E-state index in [1.165, 1.54) is 11.3 Å². The normalized spacial score (nSPS) is 22.0. The fourth-order valence-electron chi connectivity index (χ4n) is 2.76. The van der Waals surface area contributed by atoms with Crippen LogP contribution in [0.25, 0.3) is 0 Å². The van der Waals surface area contributed by atoms with Crippen LogP contribution in [0.5, 0.6) is 0 Å². The van der Waals surface area contributed by atoms with E-state index in [-0.39, 0.29) is 11.6 Å². The second-order valence-corrected chi connectivity index (χ2v) is 7.68. The average Bonchev–Trinajstić information content (AvgIpc) is 2.33. The molecule has 1 saturated carbocycles. The van der Waals surface area contributed by atoms with Crippen LogP contribution in [0.2, 0.25) is 5.02 Å². The molecule has 1 aliphatic rings. The highest BCUT2D eigenvalue weighted by molar-refractivity contribution is 6.30. The van der Waals surface area contributed by atoms with Gasteiger partial charge in [0.15, 0.2) is 0 Å². The van der Waals surface area contributed by atoms with Crippen molar-refractivity contribution in [3.05, 3.63) is 28.8 Å². The van der Waals surface area contributed by atoms with E-state index in [2.05, 4.69) is 44.1 Å². The molecule has 0 spiro atoms. The summed E-state index contributed by atoms with van der Waals surface area (Å²) in [7, 11) is 2.12. The number of halogens is 1. The summed E-state index contributed by atoms with van der Waals surface area (Å²) >= 11 is 6.16. The van der Waals surface area contributed by atoms with Gasteiger partial charge in [-0.15, -0.1) is 0 Å². The number of hydrogen-bond donors (Lipinski definition) is 2. The Kier molecular flexibility index (Phi) is 5.18. The minimum absolute atomic E-state index is 0.0796. The Morgan fingerprint density at radius 1 is 1.33 bits per heavy atom. The Bertz CT molecular complexity index is 478. The van der Waals surface area contributed by atoms with Crippen molar-refractivity contribution >= 4 is 17.3 Å². The van der Waals surface area contributed by atoms with Gasteiger partial charge in [0.25, 0.3) is 0 Å². The summed E-state index contributed by atoms with van der Waals surface area (Å²) < 4.78 is 0. The zero-order valence-corrected chi connectivity index (χ0v) is 14.2. The summed E-state index contributed by atoms with van der Waals surface area (Å²) in [5, 5.41) is 13.7. The predicted octanol–water partition coefficient (Wildman–Crippen LogP) is 3.44. The molecule has 4 heteroatoms. The molecular weight excluding hydrogens is 284 g/mol. The van der Waals surface area contributed by atoms with Gasteiger partial charge in [-0.1, -0.05) is 11.6 Å². The summed E-state index contributed by atoms with van der Waals surface area (Å²) in [6.45, 7) is 8.28. The van der Waals surface area contributed by atoms with Crippen LogP contribution in [0.4, 0.5) is 5.69 Å². The summed E-state index contributed by atoms with van der Waals surface area (Å²) in [5.41, 5.74) is 2.52. The van der Waals surface area contributed by atoms with Crippen LogP contribution in [0.3, 0.4) is 0 Å². The lowest BCUT2D eigenvalue weighted by atomic mass is 9.82. The molecule has 0 aliphatic heterocycles. The van der Waals surface area contributed by atoms with E-state index in [9.17, 15) is 5.11 Å². The first kappa shape index (κ1) is 16.6. The number of rotatable bonds is 5. The molecule has 2 N–H and O–H groups in total. The number of nitrogens with zero attached hydrogens (tertiary/aromatic N) is 1. The van der Waals surface area contributed by atoms with Gasteiger partial charge in [-0.25, -0.2) is 0 Å². The standard InChI is InChI=1S/C17H27ClN2O/c1-17(2,3)19-10-13-9-14(18)5-6-16(13)20(4)11-12-7-15(21)8-12/h5-6,9,12,15,19,21H,7-8,10-11H2,1-4H3. The van der Waals surface area contributed by atoms with Crippen molar-refractivity contribution in [3.8, 4) is 0 Å². The fourth-order valence-corrected chi connectivity index (χ4v) is 2.96. The van der Waals surface area contributed by atoms with E-state index >= 15 is 0 Å². The maximum absolute atomic E-state index is 9.42. The predicted molar refractivity (Wildman–Crippen MR) is 90.0 cm³/mol. The van der Waals surface area contributed by atoms with Gasteiger partial charge < -0.3 is 15.3 Å². The third kappa shape index (κ3) is 4.87. The van der Waals surface area contributed by atoms with Gasteiger partial charge >= 0.3 is 0 Å². The topological polar surface area (TPSA) is 35.5 Å². The van der Waals surface area contributed by atoms with Crippen LogP contribution in [-0.2, 0) is 6.54 Å². The largest absolute Gasteiger partial charge is 0.393 e. The molecule has 1 aromatic rings. The Labute approximate surface area is 133 Å². The molecule has 1 fully saturated rings. The molecule has 0 amide bonds. The van der Waals surface area contributed by atoms with E-state index in [1.54, 1.807) is 0 Å². The maximum atomic E-state index is 9.42. The average molecular weight is 311 g/mol. The Hall–Kier alpha value is -0.770. The second-order valence-electron chi connectivity index (χ2n) is 7.25. The van der Waals surface area contributed by atoms with E-state index < -0.39 is 0 Å². The molecule has 1 aliphatic carbocycles. The van der Waals surface area contributed by atoms with Crippen molar-refractivity contribution in [2.45, 2.75) is 51.8 Å². The first-order chi connectivity index (χ1) is 9.74. The molecule has 0 unspecified atom stereocenters. The van der Waals surface area contributed by atoms with Crippen LogP contribution >= 0.6 is 11.6 Å². The van der Waals surface area contributed by atoms with Crippen LogP contribution in [0.15, 0.2) is 18.2 Å². The molecule has 21 heavy (non-hydrogen) atoms. The molecule has 0 radical (unpaired) electrons. The van der Waals surface area contributed by atoms with Crippen LogP contribution < -0.4 is 10.2 Å². The highest BCUT2D eigenvalue weighted by Gasteiger charge is 2.28. The summed E-state index contributed by atoms with van der Waals surface area (Å²) in [5.74, 6) is 0.601. The van der Waals surface area contributed by atoms with E-state index in [1.807, 2.05) is 12.1 Å². The molecule has 0 heterocycles. The van der Waals surface area contributed by atoms with E-state index in [0.717, 1.165) is 31.0 Å². The smallest absolute Gasteiger partial charge is 0.0546 e. The lowest BCUT2D eigenvalue weighted by Gasteiger charge is -2.36. The minimum Gasteiger partial charge on any atom is -0.393 e. The Morgan fingerprint density at radius 2 is 2.00 bits per heavy atom. The third-order valence-electron chi connectivity index (χ3n) is 4.00. The van der Waals surface area contributed by atoms with Gasteiger partial charge in [0.1, 0.15) is 0 Å². The number of benzene rings is 1. The quantitative estimate of drug-likeness (QED) is 0.874. The van der Waals surface area contributed by atoms with Crippen molar-refractivity contribution < 1.29 is 5.11 Å². The maximum Gasteiger partial charge on any atom is 0.0546 e. The molecule has 0 aromatic heterocycles. The molecule has 3 nitrogen and oxygen atoms in total. The van der Waals surface area contributed by atoms with Crippen molar-refractivity contribution in [1.29, 1.82) is 0 Å². The molecular formula is C17H27ClN2O. The van der Waals surface area contributed by atoms with Gasteiger partial charge in [-0.3, -0.25) is 0 Å². The Morgan fingerprint density at radius 3 is 2.57 bits per heavy atom. The van der Waals surface area contributed by atoms with Crippen LogP contribution in [0.1, 0.15) is 39.2 Å². The molecule has 0 bridgehead atoms. The first-order valence-corrected chi connectivity index (χ1v) is 8.05. The second kappa shape index (κ2) is 6.55. The molecule has 0 saturated heterocycles. The van der Waals surface area contributed by atoms with Gasteiger partial charge in [-0.2, -0.15) is 0 Å². The fraction of sp³-hybridized carbons (Fsp3) is 0.647. The van der Waals surface area contributed by atoms with Gasteiger partial charge in [0.2, 0.25) is 0 Å². The highest BCUT2D eigenvalue weighted by Crippen LogP contribution is 2.31. The van der Waals surface area contributed by atoms with Crippen molar-refractivity contribution in [3.63, 3.8) is 0 Å². The van der Waals surface area contributed by atoms with E-state index in [4.69, 9.17) is 11.6 Å². The molecule has 118 valence electrons. The summed E-state index contributed by atoms with van der Waals surface area (Å²) in [6.07, 6.45) is 1.76. The molecule has 0 atom stereocenters. The SMILES string of the molecule is CN(CC1CC(O)C1)c1ccc(Cl)cc1CNC(C)(C)C. The third-order valence-corrected chi connectivity index (χ3v) is 4.24. The van der Waals surface area contributed by atoms with Gasteiger partial charge in [0.05, 0.1) is 6.10 Å². The number of aliphatic hydroxyl groups excluding tert-OH is 1. The van der Waals surface area contributed by atoms with Crippen LogP contribution in [0, 0.1) is 5.92 Å². The summed E-state index contributed by atoms with van der Waals surface area (Å²) in [6, 6.07) is 6.09. The van der Waals surface area contributed by atoms with Crippen LogP contribution in [-0.4, -0.2) is 30.3 Å². The number of anilines is 1. The number of aliphatic hydroxyl groups is 1. The Balaban J connectivity index is 2.06. The summed E-state index contributed by atoms with van der Waals surface area (Å²) in [4.78, 5) is 2.28. The first-order valence-electron chi connectivity index (χ1n) is 7.67. The monoisotopic (exact) mass is 310 g/mol. The lowest BCUT2D eigenvalue weighted by Crippen LogP contribution is -2.38. The van der Waals surface area contributed by atoms with Gasteiger partial charge in [0, 0.05) is 36.4 Å². The molecule has 1 aromatic carbocycles. The number of hydrogen-bond acceptors (Lipinski definition) is 3. The van der Waals surface area contributed by atoms with Gasteiger partial charge in [-0.05, 0) is 63.3 Å². The van der Waals surface area contributed by atoms with Crippen molar-refractivity contribution in [2.24, 2.45) is 5.92 Å². The minimum atomic E-state index is -0.0874.